The fourth-order valence-corrected chi connectivity index (χ4v) is 3.69. The number of nitrogens with zero attached hydrogens (tertiary/aromatic N) is 2. The molecule has 0 radical (unpaired) electrons. The van der Waals surface area contributed by atoms with E-state index in [1.807, 2.05) is 0 Å². The van der Waals surface area contributed by atoms with E-state index in [1.165, 1.54) is 16.7 Å². The first-order valence-electron chi connectivity index (χ1n) is 9.71. The zero-order valence-corrected chi connectivity index (χ0v) is 16.9. The fraction of sp³-hybridized carbons (Fsp3) is 0.333. The summed E-state index contributed by atoms with van der Waals surface area (Å²) >= 11 is 0. The number of allylic oxidation sites excluding steroid dienone is 4. The van der Waals surface area contributed by atoms with Crippen LogP contribution in [0.15, 0.2) is 48.7 Å². The van der Waals surface area contributed by atoms with Crippen molar-refractivity contribution in [2.45, 2.75) is 39.0 Å². The van der Waals surface area contributed by atoms with Gasteiger partial charge in [-0.05, 0) is 36.0 Å². The Morgan fingerprint density at radius 3 is 2.79 bits per heavy atom. The molecule has 4 nitrogen and oxygen atoms in total. The third-order valence-corrected chi connectivity index (χ3v) is 5.17. The lowest BCUT2D eigenvalue weighted by Crippen LogP contribution is -2.14. The second kappa shape index (κ2) is 8.31. The molecule has 0 amide bonds. The van der Waals surface area contributed by atoms with Crippen molar-refractivity contribution in [1.29, 1.82) is 5.26 Å². The first kappa shape index (κ1) is 19.7. The normalized spacial score (nSPS) is 16.0. The van der Waals surface area contributed by atoms with Crippen molar-refractivity contribution >= 4 is 11.5 Å². The number of nitriles is 1. The van der Waals surface area contributed by atoms with E-state index >= 15 is 0 Å². The van der Waals surface area contributed by atoms with Crippen LogP contribution >= 0.6 is 0 Å². The first-order valence-corrected chi connectivity index (χ1v) is 9.71. The molecular weight excluding hydrogens is 348 g/mol. The lowest BCUT2D eigenvalue weighted by molar-refractivity contribution is 0.0513. The van der Waals surface area contributed by atoms with Gasteiger partial charge in [0.25, 0.3) is 0 Å². The Hall–Kier alpha value is -3.06. The number of carbonyl (C=O) groups is 1. The van der Waals surface area contributed by atoms with Gasteiger partial charge in [-0.2, -0.15) is 5.26 Å². The van der Waals surface area contributed by atoms with Crippen molar-refractivity contribution in [2.24, 2.45) is 7.05 Å². The highest BCUT2D eigenvalue weighted by Gasteiger charge is 2.27. The monoisotopic (exact) mass is 374 g/mol. The molecule has 1 aliphatic rings. The summed E-state index contributed by atoms with van der Waals surface area (Å²) in [4.78, 5) is 12.5. The number of hydrogen-bond donors (Lipinski definition) is 0. The standard InChI is InChI=1S/C24H26N2O2/c1-5-28-24(27)23-22(21(14-25)15-26(23)4)18-11-9-17(10-12-18)20-8-6-7-19(13-20)16(2)3/h6-11,13,15-16,18H,5,12H2,1-4H3. The number of esters is 1. The van der Waals surface area contributed by atoms with Crippen molar-refractivity contribution in [3.63, 3.8) is 0 Å². The minimum absolute atomic E-state index is 0.0210. The fourth-order valence-electron chi connectivity index (χ4n) is 3.69. The van der Waals surface area contributed by atoms with Gasteiger partial charge in [-0.3, -0.25) is 0 Å². The molecule has 2 aromatic rings. The zero-order chi connectivity index (χ0) is 20.3. The van der Waals surface area contributed by atoms with E-state index < -0.39 is 0 Å². The van der Waals surface area contributed by atoms with Crippen LogP contribution in [0.5, 0.6) is 0 Å². The smallest absolute Gasteiger partial charge is 0.355 e. The van der Waals surface area contributed by atoms with Gasteiger partial charge in [0.1, 0.15) is 11.8 Å². The molecule has 0 fully saturated rings. The molecule has 3 rings (SSSR count). The van der Waals surface area contributed by atoms with Gasteiger partial charge in [0.2, 0.25) is 0 Å². The van der Waals surface area contributed by atoms with E-state index in [2.05, 4.69) is 62.4 Å². The minimum atomic E-state index is -0.380. The summed E-state index contributed by atoms with van der Waals surface area (Å²) in [6, 6.07) is 10.8. The van der Waals surface area contributed by atoms with Crippen LogP contribution in [0.4, 0.5) is 0 Å². The SMILES string of the molecule is CCOC(=O)c1c(C2C=CC(c3cccc(C(C)C)c3)=CC2)c(C#N)cn1C. The molecule has 0 saturated carbocycles. The minimum Gasteiger partial charge on any atom is -0.461 e. The molecular formula is C24H26N2O2. The Labute approximate surface area is 166 Å². The Morgan fingerprint density at radius 1 is 1.39 bits per heavy atom. The second-order valence-electron chi connectivity index (χ2n) is 7.39. The first-order chi connectivity index (χ1) is 13.5. The Morgan fingerprint density at radius 2 is 2.18 bits per heavy atom. The van der Waals surface area contributed by atoms with Crippen LogP contribution < -0.4 is 0 Å². The Balaban J connectivity index is 1.92. The van der Waals surface area contributed by atoms with Crippen molar-refractivity contribution in [3.05, 3.63) is 76.6 Å². The van der Waals surface area contributed by atoms with Gasteiger partial charge in [-0.25, -0.2) is 4.79 Å². The number of benzene rings is 1. The van der Waals surface area contributed by atoms with E-state index in [0.717, 1.165) is 12.0 Å². The van der Waals surface area contributed by atoms with E-state index in [4.69, 9.17) is 4.74 Å². The van der Waals surface area contributed by atoms with E-state index in [1.54, 1.807) is 24.7 Å². The van der Waals surface area contributed by atoms with Crippen LogP contribution in [-0.2, 0) is 11.8 Å². The second-order valence-corrected chi connectivity index (χ2v) is 7.39. The van der Waals surface area contributed by atoms with Crippen molar-refractivity contribution in [2.75, 3.05) is 6.61 Å². The van der Waals surface area contributed by atoms with Gasteiger partial charge in [0, 0.05) is 24.7 Å². The molecule has 0 aliphatic heterocycles. The van der Waals surface area contributed by atoms with Crippen LogP contribution in [0.1, 0.15) is 71.8 Å². The maximum absolute atomic E-state index is 12.5. The molecule has 0 saturated heterocycles. The molecule has 28 heavy (non-hydrogen) atoms. The molecule has 0 N–H and O–H groups in total. The molecule has 4 heteroatoms. The number of carbonyl (C=O) groups excluding carboxylic acids is 1. The largest absolute Gasteiger partial charge is 0.461 e. The Kier molecular flexibility index (Phi) is 5.84. The maximum Gasteiger partial charge on any atom is 0.355 e. The highest BCUT2D eigenvalue weighted by Crippen LogP contribution is 2.35. The van der Waals surface area contributed by atoms with Crippen LogP contribution in [0.3, 0.4) is 0 Å². The quantitative estimate of drug-likeness (QED) is 0.665. The maximum atomic E-state index is 12.5. The summed E-state index contributed by atoms with van der Waals surface area (Å²) in [6.45, 7) is 6.47. The molecule has 1 aromatic heterocycles. The molecule has 0 bridgehead atoms. The molecule has 1 aromatic carbocycles. The van der Waals surface area contributed by atoms with Crippen LogP contribution in [0.2, 0.25) is 0 Å². The Bertz CT molecular complexity index is 987. The molecule has 144 valence electrons. The molecule has 1 atom stereocenters. The molecule has 0 spiro atoms. The number of aromatic nitrogens is 1. The van der Waals surface area contributed by atoms with E-state index in [-0.39, 0.29) is 11.9 Å². The lowest BCUT2D eigenvalue weighted by atomic mass is 9.86. The van der Waals surface area contributed by atoms with Crippen LogP contribution in [0.25, 0.3) is 5.57 Å². The van der Waals surface area contributed by atoms with E-state index in [9.17, 15) is 10.1 Å². The summed E-state index contributed by atoms with van der Waals surface area (Å²) in [5.74, 6) is 0.0807. The zero-order valence-electron chi connectivity index (χ0n) is 16.9. The number of rotatable bonds is 5. The number of hydrogen-bond acceptors (Lipinski definition) is 3. The average molecular weight is 374 g/mol. The molecule has 1 unspecified atom stereocenters. The van der Waals surface area contributed by atoms with Gasteiger partial charge >= 0.3 is 5.97 Å². The van der Waals surface area contributed by atoms with Crippen molar-refractivity contribution in [1.82, 2.24) is 4.57 Å². The van der Waals surface area contributed by atoms with Gasteiger partial charge < -0.3 is 9.30 Å². The van der Waals surface area contributed by atoms with Gasteiger partial charge in [0.05, 0.1) is 12.2 Å². The predicted molar refractivity (Wildman–Crippen MR) is 111 cm³/mol. The van der Waals surface area contributed by atoms with Crippen molar-refractivity contribution in [3.8, 4) is 6.07 Å². The van der Waals surface area contributed by atoms with Gasteiger partial charge in [-0.15, -0.1) is 0 Å². The summed E-state index contributed by atoms with van der Waals surface area (Å²) < 4.78 is 6.91. The van der Waals surface area contributed by atoms with Crippen molar-refractivity contribution < 1.29 is 9.53 Å². The summed E-state index contributed by atoms with van der Waals surface area (Å²) in [5.41, 5.74) is 5.43. The molecule has 1 heterocycles. The van der Waals surface area contributed by atoms with E-state index in [0.29, 0.717) is 23.8 Å². The lowest BCUT2D eigenvalue weighted by Gasteiger charge is -2.19. The highest BCUT2D eigenvalue weighted by molar-refractivity contribution is 5.91. The summed E-state index contributed by atoms with van der Waals surface area (Å²) in [7, 11) is 1.78. The summed E-state index contributed by atoms with van der Waals surface area (Å²) in [5, 5.41) is 9.56. The number of ether oxygens (including phenoxy) is 1. The molecule has 1 aliphatic carbocycles. The average Bonchev–Trinajstić information content (AvgIpc) is 3.04. The third kappa shape index (κ3) is 3.80. The van der Waals surface area contributed by atoms with Crippen LogP contribution in [0, 0.1) is 11.3 Å². The highest BCUT2D eigenvalue weighted by atomic mass is 16.5. The van der Waals surface area contributed by atoms with Gasteiger partial charge in [0.15, 0.2) is 0 Å². The summed E-state index contributed by atoms with van der Waals surface area (Å²) in [6.07, 6.45) is 8.82. The predicted octanol–water partition coefficient (Wildman–Crippen LogP) is 5.32. The number of aryl methyl sites for hydroxylation is 1. The third-order valence-electron chi connectivity index (χ3n) is 5.17. The van der Waals surface area contributed by atoms with Gasteiger partial charge in [-0.1, -0.05) is 56.3 Å². The topological polar surface area (TPSA) is 55.0 Å². The van der Waals surface area contributed by atoms with Crippen LogP contribution in [-0.4, -0.2) is 17.1 Å².